The molecule has 19 heavy (non-hydrogen) atoms. The Labute approximate surface area is 122 Å². The SMILES string of the molecule is CCC/C(=C(\C#N)C(=O)OC)c1ccc(Cl)cc1Cl. The number of carbonyl (C=O) groups is 1. The number of rotatable bonds is 4. The quantitative estimate of drug-likeness (QED) is 0.474. The lowest BCUT2D eigenvalue weighted by Gasteiger charge is -2.11. The lowest BCUT2D eigenvalue weighted by molar-refractivity contribution is -0.135. The highest BCUT2D eigenvalue weighted by Gasteiger charge is 2.18. The Morgan fingerprint density at radius 2 is 2.11 bits per heavy atom. The van der Waals surface area contributed by atoms with Gasteiger partial charge in [-0.2, -0.15) is 5.26 Å². The maximum absolute atomic E-state index is 11.6. The number of allylic oxidation sites excluding steroid dienone is 1. The van der Waals surface area contributed by atoms with Crippen LogP contribution in [0.3, 0.4) is 0 Å². The molecule has 0 saturated carbocycles. The summed E-state index contributed by atoms with van der Waals surface area (Å²) in [7, 11) is 1.24. The van der Waals surface area contributed by atoms with Crippen LogP contribution in [0, 0.1) is 11.3 Å². The molecule has 0 heterocycles. The largest absolute Gasteiger partial charge is 0.465 e. The molecule has 0 fully saturated rings. The minimum Gasteiger partial charge on any atom is -0.465 e. The monoisotopic (exact) mass is 297 g/mol. The fourth-order valence-corrected chi connectivity index (χ4v) is 2.24. The molecule has 5 heteroatoms. The summed E-state index contributed by atoms with van der Waals surface area (Å²) < 4.78 is 4.63. The molecule has 100 valence electrons. The summed E-state index contributed by atoms with van der Waals surface area (Å²) in [6.07, 6.45) is 1.33. The van der Waals surface area contributed by atoms with Gasteiger partial charge in [-0.15, -0.1) is 0 Å². The smallest absolute Gasteiger partial charge is 0.348 e. The second kappa shape index (κ2) is 7.18. The van der Waals surface area contributed by atoms with E-state index in [9.17, 15) is 4.79 Å². The maximum Gasteiger partial charge on any atom is 0.348 e. The molecule has 0 aromatic heterocycles. The number of ether oxygens (including phenoxy) is 1. The zero-order valence-corrected chi connectivity index (χ0v) is 12.2. The van der Waals surface area contributed by atoms with Crippen molar-refractivity contribution >= 4 is 34.7 Å². The fraction of sp³-hybridized carbons (Fsp3) is 0.286. The van der Waals surface area contributed by atoms with Gasteiger partial charge in [-0.25, -0.2) is 4.79 Å². The van der Waals surface area contributed by atoms with E-state index in [1.165, 1.54) is 7.11 Å². The second-order valence-electron chi connectivity index (χ2n) is 3.83. The summed E-state index contributed by atoms with van der Waals surface area (Å²) in [4.78, 5) is 11.6. The lowest BCUT2D eigenvalue weighted by atomic mass is 9.96. The third kappa shape index (κ3) is 3.73. The third-order valence-corrected chi connectivity index (χ3v) is 3.11. The topological polar surface area (TPSA) is 50.1 Å². The molecule has 0 unspecified atom stereocenters. The van der Waals surface area contributed by atoms with Crippen LogP contribution in [0.1, 0.15) is 25.3 Å². The highest BCUT2D eigenvalue weighted by Crippen LogP contribution is 2.32. The number of hydrogen-bond donors (Lipinski definition) is 0. The molecule has 0 aliphatic carbocycles. The van der Waals surface area contributed by atoms with Crippen molar-refractivity contribution in [2.24, 2.45) is 0 Å². The summed E-state index contributed by atoms with van der Waals surface area (Å²) in [5, 5.41) is 10.1. The van der Waals surface area contributed by atoms with Crippen LogP contribution in [-0.4, -0.2) is 13.1 Å². The van der Waals surface area contributed by atoms with Gasteiger partial charge >= 0.3 is 5.97 Å². The minimum atomic E-state index is -0.656. The van der Waals surface area contributed by atoms with Gasteiger partial charge in [-0.1, -0.05) is 42.6 Å². The molecule has 0 aliphatic heterocycles. The molecule has 0 N–H and O–H groups in total. The van der Waals surface area contributed by atoms with E-state index in [4.69, 9.17) is 28.5 Å². The van der Waals surface area contributed by atoms with E-state index in [0.29, 0.717) is 27.6 Å². The van der Waals surface area contributed by atoms with Crippen molar-refractivity contribution in [3.05, 3.63) is 39.4 Å². The Morgan fingerprint density at radius 3 is 2.58 bits per heavy atom. The van der Waals surface area contributed by atoms with Crippen LogP contribution in [0.5, 0.6) is 0 Å². The van der Waals surface area contributed by atoms with E-state index in [2.05, 4.69) is 4.74 Å². The van der Waals surface area contributed by atoms with Gasteiger partial charge in [-0.05, 0) is 29.7 Å². The number of benzene rings is 1. The Morgan fingerprint density at radius 1 is 1.42 bits per heavy atom. The third-order valence-electron chi connectivity index (χ3n) is 2.56. The first-order valence-electron chi connectivity index (χ1n) is 5.72. The van der Waals surface area contributed by atoms with Gasteiger partial charge in [0.05, 0.1) is 7.11 Å². The average Bonchev–Trinajstić information content (AvgIpc) is 2.38. The minimum absolute atomic E-state index is 0.0198. The molecule has 0 aliphatic rings. The van der Waals surface area contributed by atoms with Gasteiger partial charge in [0.2, 0.25) is 0 Å². The number of carbonyl (C=O) groups excluding carboxylic acids is 1. The van der Waals surface area contributed by atoms with Gasteiger partial charge in [0, 0.05) is 10.0 Å². The van der Waals surface area contributed by atoms with Crippen LogP contribution in [0.4, 0.5) is 0 Å². The van der Waals surface area contributed by atoms with E-state index in [0.717, 1.165) is 6.42 Å². The predicted molar refractivity (Wildman–Crippen MR) is 75.9 cm³/mol. The summed E-state index contributed by atoms with van der Waals surface area (Å²) in [5.74, 6) is -0.656. The van der Waals surface area contributed by atoms with Gasteiger partial charge in [0.1, 0.15) is 11.6 Å². The number of nitrogens with zero attached hydrogens (tertiary/aromatic N) is 1. The zero-order valence-electron chi connectivity index (χ0n) is 10.7. The Balaban J connectivity index is 3.46. The number of nitriles is 1. The van der Waals surface area contributed by atoms with Crippen molar-refractivity contribution in [3.8, 4) is 6.07 Å². The number of halogens is 2. The van der Waals surface area contributed by atoms with Crippen LogP contribution in [0.2, 0.25) is 10.0 Å². The van der Waals surface area contributed by atoms with Gasteiger partial charge in [0.25, 0.3) is 0 Å². The van der Waals surface area contributed by atoms with Crippen LogP contribution < -0.4 is 0 Å². The van der Waals surface area contributed by atoms with Gasteiger partial charge in [0.15, 0.2) is 0 Å². The summed E-state index contributed by atoms with van der Waals surface area (Å²) in [5.41, 5.74) is 1.20. The average molecular weight is 298 g/mol. The molecule has 3 nitrogen and oxygen atoms in total. The van der Waals surface area contributed by atoms with Crippen molar-refractivity contribution in [1.29, 1.82) is 5.26 Å². The Bertz CT molecular complexity index is 559. The first kappa shape index (κ1) is 15.6. The normalized spacial score (nSPS) is 11.5. The van der Waals surface area contributed by atoms with Crippen molar-refractivity contribution in [2.45, 2.75) is 19.8 Å². The first-order valence-corrected chi connectivity index (χ1v) is 6.47. The fourth-order valence-electron chi connectivity index (χ4n) is 1.72. The molecule has 0 saturated heterocycles. The van der Waals surface area contributed by atoms with Crippen molar-refractivity contribution < 1.29 is 9.53 Å². The zero-order chi connectivity index (χ0) is 14.4. The second-order valence-corrected chi connectivity index (χ2v) is 4.67. The number of methoxy groups -OCH3 is 1. The molecule has 0 radical (unpaired) electrons. The highest BCUT2D eigenvalue weighted by atomic mass is 35.5. The lowest BCUT2D eigenvalue weighted by Crippen LogP contribution is -2.06. The van der Waals surface area contributed by atoms with E-state index < -0.39 is 5.97 Å². The van der Waals surface area contributed by atoms with E-state index >= 15 is 0 Å². The van der Waals surface area contributed by atoms with Crippen LogP contribution in [0.15, 0.2) is 23.8 Å². The molecular weight excluding hydrogens is 285 g/mol. The Kier molecular flexibility index (Phi) is 5.88. The van der Waals surface area contributed by atoms with E-state index in [-0.39, 0.29) is 5.57 Å². The van der Waals surface area contributed by atoms with Crippen molar-refractivity contribution in [3.63, 3.8) is 0 Å². The summed E-state index contributed by atoms with van der Waals surface area (Å²) >= 11 is 12.0. The van der Waals surface area contributed by atoms with E-state index in [1.54, 1.807) is 18.2 Å². The maximum atomic E-state index is 11.6. The van der Waals surface area contributed by atoms with Gasteiger partial charge in [-0.3, -0.25) is 0 Å². The highest BCUT2D eigenvalue weighted by molar-refractivity contribution is 6.35. The summed E-state index contributed by atoms with van der Waals surface area (Å²) in [6.45, 7) is 1.95. The molecule has 0 spiro atoms. The van der Waals surface area contributed by atoms with Crippen LogP contribution in [-0.2, 0) is 9.53 Å². The van der Waals surface area contributed by atoms with E-state index in [1.807, 2.05) is 13.0 Å². The molecule has 1 aromatic carbocycles. The number of hydrogen-bond acceptors (Lipinski definition) is 3. The summed E-state index contributed by atoms with van der Waals surface area (Å²) in [6, 6.07) is 6.85. The molecule has 0 bridgehead atoms. The molecule has 1 rings (SSSR count). The van der Waals surface area contributed by atoms with Crippen LogP contribution >= 0.6 is 23.2 Å². The molecular formula is C14H13Cl2NO2. The predicted octanol–water partition coefficient (Wildman–Crippen LogP) is 4.24. The Hall–Kier alpha value is -1.50. The number of esters is 1. The molecule has 1 aromatic rings. The van der Waals surface area contributed by atoms with Crippen molar-refractivity contribution in [2.75, 3.05) is 7.11 Å². The molecule has 0 amide bonds. The molecule has 0 atom stereocenters. The standard InChI is InChI=1S/C14H13Cl2NO2/c1-3-4-10(12(8-17)14(18)19-2)11-6-5-9(15)7-13(11)16/h5-7H,3-4H2,1-2H3/b12-10-. The van der Waals surface area contributed by atoms with Gasteiger partial charge < -0.3 is 4.74 Å². The van der Waals surface area contributed by atoms with Crippen LogP contribution in [0.25, 0.3) is 5.57 Å². The first-order chi connectivity index (χ1) is 9.04. The van der Waals surface area contributed by atoms with Crippen molar-refractivity contribution in [1.82, 2.24) is 0 Å².